The first-order chi connectivity index (χ1) is 16.1. The van der Waals surface area contributed by atoms with Crippen LogP contribution >= 0.6 is 0 Å². The van der Waals surface area contributed by atoms with Crippen LogP contribution in [-0.4, -0.2) is 39.2 Å². The summed E-state index contributed by atoms with van der Waals surface area (Å²) in [5, 5.41) is 1.09. The van der Waals surface area contributed by atoms with Gasteiger partial charge in [-0.25, -0.2) is 4.39 Å². The molecule has 2 aliphatic heterocycles. The van der Waals surface area contributed by atoms with Crippen molar-refractivity contribution in [2.45, 2.75) is 25.0 Å². The number of piperazine rings is 1. The van der Waals surface area contributed by atoms with Gasteiger partial charge in [0.05, 0.1) is 6.04 Å². The van der Waals surface area contributed by atoms with Gasteiger partial charge in [-0.1, -0.05) is 60.7 Å². The zero-order valence-corrected chi connectivity index (χ0v) is 17.9. The standard InChI is InChI=1S/C27H22FN3O2/c28-19-12-10-17(11-13-19)15-30-16-24(32)31-23(27(30)33)14-21-20-8-4-5-9-22(20)29-25(21)26(31)18-6-2-1-3-7-18/h1-13,23,26,29H,14-16H2/t23-,26-/m0/s1. The third-order valence-electron chi connectivity index (χ3n) is 6.74. The minimum absolute atomic E-state index is 0.00556. The summed E-state index contributed by atoms with van der Waals surface area (Å²) in [5.41, 5.74) is 4.85. The molecule has 0 aliphatic carbocycles. The average Bonchev–Trinajstić information content (AvgIpc) is 3.21. The van der Waals surface area contributed by atoms with Gasteiger partial charge in [0, 0.05) is 29.6 Å². The van der Waals surface area contributed by atoms with Gasteiger partial charge in [-0.05, 0) is 34.9 Å². The zero-order chi connectivity index (χ0) is 22.5. The highest BCUT2D eigenvalue weighted by atomic mass is 19.1. The summed E-state index contributed by atoms with van der Waals surface area (Å²) in [6, 6.07) is 23.1. The third kappa shape index (κ3) is 3.21. The molecule has 5 nitrogen and oxygen atoms in total. The van der Waals surface area contributed by atoms with Gasteiger partial charge in [-0.15, -0.1) is 0 Å². The number of carbonyl (C=O) groups excluding carboxylic acids is 2. The number of amides is 2. The van der Waals surface area contributed by atoms with Gasteiger partial charge in [0.1, 0.15) is 18.4 Å². The van der Waals surface area contributed by atoms with E-state index >= 15 is 0 Å². The highest BCUT2D eigenvalue weighted by Crippen LogP contribution is 2.42. The number of fused-ring (bicyclic) bond motifs is 4. The molecule has 164 valence electrons. The van der Waals surface area contributed by atoms with Crippen molar-refractivity contribution in [2.75, 3.05) is 6.54 Å². The number of aromatic nitrogens is 1. The van der Waals surface area contributed by atoms with Crippen molar-refractivity contribution in [1.82, 2.24) is 14.8 Å². The molecule has 1 N–H and O–H groups in total. The minimum Gasteiger partial charge on any atom is -0.356 e. The fourth-order valence-electron chi connectivity index (χ4n) is 5.25. The number of carbonyl (C=O) groups is 2. The Balaban J connectivity index is 1.44. The van der Waals surface area contributed by atoms with Crippen molar-refractivity contribution in [2.24, 2.45) is 0 Å². The molecule has 0 unspecified atom stereocenters. The Bertz CT molecular complexity index is 1360. The normalized spacial score (nSPS) is 20.2. The number of nitrogens with zero attached hydrogens (tertiary/aromatic N) is 2. The summed E-state index contributed by atoms with van der Waals surface area (Å²) in [4.78, 5) is 34.1. The highest BCUT2D eigenvalue weighted by Gasteiger charge is 2.48. The van der Waals surface area contributed by atoms with Crippen LogP contribution < -0.4 is 0 Å². The fraction of sp³-hybridized carbons (Fsp3) is 0.185. The van der Waals surface area contributed by atoms with E-state index in [-0.39, 0.29) is 36.8 Å². The molecular weight excluding hydrogens is 417 g/mol. The number of nitrogens with one attached hydrogen (secondary N) is 1. The lowest BCUT2D eigenvalue weighted by atomic mass is 9.86. The number of aromatic amines is 1. The molecule has 0 spiro atoms. The van der Waals surface area contributed by atoms with Crippen LogP contribution in [0.5, 0.6) is 0 Å². The highest BCUT2D eigenvalue weighted by molar-refractivity contribution is 5.97. The molecule has 1 fully saturated rings. The lowest BCUT2D eigenvalue weighted by Gasteiger charge is -2.47. The van der Waals surface area contributed by atoms with Gasteiger partial charge in [0.2, 0.25) is 11.8 Å². The van der Waals surface area contributed by atoms with E-state index in [0.29, 0.717) is 6.42 Å². The molecule has 6 heteroatoms. The Morgan fingerprint density at radius 3 is 2.42 bits per heavy atom. The first-order valence-corrected chi connectivity index (χ1v) is 11.1. The van der Waals surface area contributed by atoms with Gasteiger partial charge in [0.15, 0.2) is 0 Å². The molecule has 2 aliphatic rings. The molecule has 3 heterocycles. The Morgan fingerprint density at radius 1 is 0.909 bits per heavy atom. The van der Waals surface area contributed by atoms with Gasteiger partial charge in [-0.2, -0.15) is 0 Å². The van der Waals surface area contributed by atoms with E-state index in [1.165, 1.54) is 12.1 Å². The molecule has 33 heavy (non-hydrogen) atoms. The molecule has 0 saturated carbocycles. The van der Waals surface area contributed by atoms with Crippen LogP contribution in [0.25, 0.3) is 10.9 Å². The van der Waals surface area contributed by atoms with Crippen molar-refractivity contribution in [3.05, 3.63) is 107 Å². The average molecular weight is 439 g/mol. The second-order valence-corrected chi connectivity index (χ2v) is 8.72. The van der Waals surface area contributed by atoms with E-state index in [4.69, 9.17) is 0 Å². The third-order valence-corrected chi connectivity index (χ3v) is 6.74. The second-order valence-electron chi connectivity index (χ2n) is 8.72. The van der Waals surface area contributed by atoms with E-state index in [0.717, 1.165) is 33.3 Å². The first kappa shape index (κ1) is 19.7. The molecule has 0 radical (unpaired) electrons. The van der Waals surface area contributed by atoms with Gasteiger partial charge >= 0.3 is 0 Å². The van der Waals surface area contributed by atoms with E-state index in [2.05, 4.69) is 11.1 Å². The van der Waals surface area contributed by atoms with Gasteiger partial charge < -0.3 is 14.8 Å². The summed E-state index contributed by atoms with van der Waals surface area (Å²) in [5.74, 6) is -0.480. The summed E-state index contributed by atoms with van der Waals surface area (Å²) in [6.07, 6.45) is 0.465. The summed E-state index contributed by atoms with van der Waals surface area (Å²) in [6.45, 7) is 0.289. The lowest BCUT2D eigenvalue weighted by molar-refractivity contribution is -0.159. The monoisotopic (exact) mass is 439 g/mol. The molecule has 6 rings (SSSR count). The molecule has 1 saturated heterocycles. The van der Waals surface area contributed by atoms with Crippen molar-refractivity contribution in [3.8, 4) is 0 Å². The van der Waals surface area contributed by atoms with Crippen molar-refractivity contribution in [3.63, 3.8) is 0 Å². The van der Waals surface area contributed by atoms with Crippen LogP contribution in [0.2, 0.25) is 0 Å². The Labute approximate surface area is 190 Å². The number of hydrogen-bond donors (Lipinski definition) is 1. The van der Waals surface area contributed by atoms with Crippen molar-refractivity contribution >= 4 is 22.7 Å². The number of rotatable bonds is 3. The van der Waals surface area contributed by atoms with Crippen LogP contribution in [-0.2, 0) is 22.6 Å². The molecule has 0 bridgehead atoms. The molecule has 2 atom stereocenters. The summed E-state index contributed by atoms with van der Waals surface area (Å²) >= 11 is 0. The smallest absolute Gasteiger partial charge is 0.246 e. The van der Waals surface area contributed by atoms with Crippen LogP contribution in [0.3, 0.4) is 0 Å². The Hall–Kier alpha value is -3.93. The predicted octanol–water partition coefficient (Wildman–Crippen LogP) is 4.19. The van der Waals surface area contributed by atoms with Crippen LogP contribution in [0.4, 0.5) is 4.39 Å². The van der Waals surface area contributed by atoms with Crippen LogP contribution in [0.15, 0.2) is 78.9 Å². The van der Waals surface area contributed by atoms with E-state index < -0.39 is 6.04 Å². The van der Waals surface area contributed by atoms with Crippen molar-refractivity contribution in [1.29, 1.82) is 0 Å². The molecule has 4 aromatic rings. The first-order valence-electron chi connectivity index (χ1n) is 11.1. The number of benzene rings is 3. The summed E-state index contributed by atoms with van der Waals surface area (Å²) in [7, 11) is 0. The van der Waals surface area contributed by atoms with E-state index in [1.807, 2.05) is 48.5 Å². The largest absolute Gasteiger partial charge is 0.356 e. The number of halogens is 1. The van der Waals surface area contributed by atoms with Gasteiger partial charge in [-0.3, -0.25) is 9.59 Å². The van der Waals surface area contributed by atoms with Crippen LogP contribution in [0.1, 0.15) is 28.4 Å². The quantitative estimate of drug-likeness (QED) is 0.520. The fourth-order valence-corrected chi connectivity index (χ4v) is 5.25. The zero-order valence-electron chi connectivity index (χ0n) is 17.9. The number of para-hydroxylation sites is 1. The maximum atomic E-state index is 13.7. The molecule has 3 aromatic carbocycles. The van der Waals surface area contributed by atoms with E-state index in [1.54, 1.807) is 21.9 Å². The minimum atomic E-state index is -0.580. The van der Waals surface area contributed by atoms with Crippen LogP contribution in [0, 0.1) is 5.82 Å². The molecule has 2 amide bonds. The number of H-pyrrole nitrogens is 1. The van der Waals surface area contributed by atoms with E-state index in [9.17, 15) is 14.0 Å². The van der Waals surface area contributed by atoms with Gasteiger partial charge in [0.25, 0.3) is 0 Å². The SMILES string of the molecule is O=C1[C@@H]2Cc3c([nH]c4ccccc34)[C@H](c3ccccc3)N2C(=O)CN1Cc1ccc(F)cc1. The van der Waals surface area contributed by atoms with Crippen molar-refractivity contribution < 1.29 is 14.0 Å². The maximum Gasteiger partial charge on any atom is 0.246 e. The lowest BCUT2D eigenvalue weighted by Crippen LogP contribution is -2.62. The second kappa shape index (κ2) is 7.59. The molecular formula is C27H22FN3O2. The molecule has 1 aromatic heterocycles. The summed E-state index contributed by atoms with van der Waals surface area (Å²) < 4.78 is 13.3. The Kier molecular flexibility index (Phi) is 4.54. The topological polar surface area (TPSA) is 56.4 Å². The number of hydrogen-bond acceptors (Lipinski definition) is 2. The predicted molar refractivity (Wildman–Crippen MR) is 123 cm³/mol. The maximum absolute atomic E-state index is 13.7. The Morgan fingerprint density at radius 2 is 1.64 bits per heavy atom.